The van der Waals surface area contributed by atoms with E-state index in [1.165, 1.54) is 6.92 Å². The number of carboxylic acids is 1. The van der Waals surface area contributed by atoms with Gasteiger partial charge in [-0.2, -0.15) is 0 Å². The maximum atomic E-state index is 12.5. The molecule has 36 heavy (non-hydrogen) atoms. The first-order valence-electron chi connectivity index (χ1n) is 12.2. The number of amides is 1. The summed E-state index contributed by atoms with van der Waals surface area (Å²) in [6, 6.07) is 14.2. The summed E-state index contributed by atoms with van der Waals surface area (Å²) in [5.74, 6) is -0.191. The SMILES string of the molecule is CC(=O)NCc1ccc(-c2sc(C)c(C(OC(C)(C)C)C(=O)O)c2-c2ccc3c(c2)CCCO3)cc1. The summed E-state index contributed by atoms with van der Waals surface area (Å²) in [7, 11) is 0. The number of carbonyl (C=O) groups is 2. The number of hydrogen-bond donors (Lipinski definition) is 2. The van der Waals surface area contributed by atoms with E-state index < -0.39 is 17.7 Å². The fourth-order valence-electron chi connectivity index (χ4n) is 4.47. The molecule has 1 aliphatic heterocycles. The van der Waals surface area contributed by atoms with E-state index in [2.05, 4.69) is 11.4 Å². The van der Waals surface area contributed by atoms with Crippen LogP contribution < -0.4 is 10.1 Å². The molecule has 0 saturated carbocycles. The molecule has 0 bridgehead atoms. The van der Waals surface area contributed by atoms with Gasteiger partial charge in [0.25, 0.3) is 0 Å². The van der Waals surface area contributed by atoms with E-state index >= 15 is 0 Å². The van der Waals surface area contributed by atoms with Gasteiger partial charge in [0.1, 0.15) is 5.75 Å². The fraction of sp³-hybridized carbons (Fsp3) is 0.379. The van der Waals surface area contributed by atoms with Gasteiger partial charge in [-0.15, -0.1) is 11.3 Å². The molecule has 190 valence electrons. The summed E-state index contributed by atoms with van der Waals surface area (Å²) >= 11 is 1.58. The van der Waals surface area contributed by atoms with E-state index in [-0.39, 0.29) is 5.91 Å². The smallest absolute Gasteiger partial charge is 0.337 e. The number of benzene rings is 2. The third-order valence-corrected chi connectivity index (χ3v) is 7.21. The lowest BCUT2D eigenvalue weighted by Crippen LogP contribution is -2.27. The van der Waals surface area contributed by atoms with Gasteiger partial charge in [0.05, 0.1) is 12.2 Å². The average Bonchev–Trinajstić information content (AvgIpc) is 3.17. The van der Waals surface area contributed by atoms with Crippen LogP contribution in [0.1, 0.15) is 61.8 Å². The second-order valence-electron chi connectivity index (χ2n) is 10.1. The molecule has 4 rings (SSSR count). The molecule has 7 heteroatoms. The molecule has 0 spiro atoms. The lowest BCUT2D eigenvalue weighted by atomic mass is 9.91. The Balaban J connectivity index is 1.87. The average molecular weight is 508 g/mol. The fourth-order valence-corrected chi connectivity index (χ4v) is 5.67. The van der Waals surface area contributed by atoms with E-state index in [0.29, 0.717) is 18.7 Å². The Bertz CT molecular complexity index is 1270. The molecule has 1 amide bonds. The second-order valence-corrected chi connectivity index (χ2v) is 11.3. The van der Waals surface area contributed by atoms with Crippen LogP contribution in [0.2, 0.25) is 0 Å². The summed E-state index contributed by atoms with van der Waals surface area (Å²) in [5, 5.41) is 13.0. The number of carboxylic acid groups (broad SMARTS) is 1. The zero-order valence-corrected chi connectivity index (χ0v) is 22.3. The van der Waals surface area contributed by atoms with Gasteiger partial charge in [-0.25, -0.2) is 4.79 Å². The highest BCUT2D eigenvalue weighted by atomic mass is 32.1. The van der Waals surface area contributed by atoms with Crippen LogP contribution in [-0.4, -0.2) is 29.2 Å². The van der Waals surface area contributed by atoms with Crippen LogP contribution in [0.3, 0.4) is 0 Å². The van der Waals surface area contributed by atoms with Gasteiger partial charge in [0.15, 0.2) is 6.10 Å². The predicted octanol–water partition coefficient (Wildman–Crippen LogP) is 6.29. The number of thiophene rings is 1. The van der Waals surface area contributed by atoms with Gasteiger partial charge in [-0.3, -0.25) is 4.79 Å². The van der Waals surface area contributed by atoms with Gasteiger partial charge < -0.3 is 19.9 Å². The highest BCUT2D eigenvalue weighted by molar-refractivity contribution is 7.16. The van der Waals surface area contributed by atoms with Crippen LogP contribution in [0.15, 0.2) is 42.5 Å². The molecule has 1 unspecified atom stereocenters. The Morgan fingerprint density at radius 2 is 1.83 bits per heavy atom. The molecule has 6 nitrogen and oxygen atoms in total. The lowest BCUT2D eigenvalue weighted by molar-refractivity contribution is -0.160. The third kappa shape index (κ3) is 5.79. The van der Waals surface area contributed by atoms with Gasteiger partial charge in [0.2, 0.25) is 5.91 Å². The number of carbonyl (C=O) groups excluding carboxylic acids is 1. The van der Waals surface area contributed by atoms with Gasteiger partial charge in [-0.05, 0) is 74.9 Å². The number of ether oxygens (including phenoxy) is 2. The summed E-state index contributed by atoms with van der Waals surface area (Å²) in [4.78, 5) is 25.7. The van der Waals surface area contributed by atoms with Crippen molar-refractivity contribution in [2.24, 2.45) is 0 Å². The molecule has 0 aliphatic carbocycles. The normalized spacial score (nSPS) is 14.0. The number of aryl methyl sites for hydroxylation is 2. The second kappa shape index (κ2) is 10.4. The summed E-state index contributed by atoms with van der Waals surface area (Å²) in [6.45, 7) is 10.2. The predicted molar refractivity (Wildman–Crippen MR) is 142 cm³/mol. The summed E-state index contributed by atoms with van der Waals surface area (Å²) < 4.78 is 11.9. The molecule has 0 fully saturated rings. The molecule has 2 N–H and O–H groups in total. The van der Waals surface area contributed by atoms with Crippen molar-refractivity contribution in [2.45, 2.75) is 65.7 Å². The van der Waals surface area contributed by atoms with Crippen molar-refractivity contribution in [3.8, 4) is 27.3 Å². The molecule has 2 aromatic carbocycles. The monoisotopic (exact) mass is 507 g/mol. The quantitative estimate of drug-likeness (QED) is 0.392. The maximum absolute atomic E-state index is 12.5. The van der Waals surface area contributed by atoms with Crippen LogP contribution in [0.4, 0.5) is 0 Å². The summed E-state index contributed by atoms with van der Waals surface area (Å²) in [5.41, 5.74) is 5.02. The number of aliphatic carboxylic acids is 1. The molecule has 1 aliphatic rings. The van der Waals surface area contributed by atoms with E-state index in [1.807, 2.05) is 64.1 Å². The summed E-state index contributed by atoms with van der Waals surface area (Å²) in [6.07, 6.45) is 0.783. The Morgan fingerprint density at radius 1 is 1.14 bits per heavy atom. The minimum absolute atomic E-state index is 0.0742. The molecule has 0 saturated heterocycles. The van der Waals surface area contributed by atoms with E-state index in [4.69, 9.17) is 9.47 Å². The molecule has 1 aromatic heterocycles. The van der Waals surface area contributed by atoms with E-state index in [0.717, 1.165) is 56.2 Å². The van der Waals surface area contributed by atoms with Gasteiger partial charge in [0, 0.05) is 34.3 Å². The lowest BCUT2D eigenvalue weighted by Gasteiger charge is -2.26. The van der Waals surface area contributed by atoms with E-state index in [9.17, 15) is 14.7 Å². The number of hydrogen-bond acceptors (Lipinski definition) is 5. The Labute approximate surface area is 216 Å². The van der Waals surface area contributed by atoms with Gasteiger partial charge in [-0.1, -0.05) is 30.3 Å². The standard InChI is InChI=1S/C29H33NO5S/c1-17-24(26(28(32)33)35-29(3,4)5)25(22-12-13-23-21(15-22)7-6-14-34-23)27(36-17)20-10-8-19(9-11-20)16-30-18(2)31/h8-13,15,26H,6-7,14,16H2,1-5H3,(H,30,31)(H,32,33). The van der Waals surface area contributed by atoms with Crippen molar-refractivity contribution in [1.82, 2.24) is 5.32 Å². The number of fused-ring (bicyclic) bond motifs is 1. The minimum atomic E-state index is -1.10. The maximum Gasteiger partial charge on any atom is 0.337 e. The van der Waals surface area contributed by atoms with E-state index in [1.54, 1.807) is 11.3 Å². The first-order chi connectivity index (χ1) is 17.0. The van der Waals surface area contributed by atoms with Crippen LogP contribution in [0.25, 0.3) is 21.6 Å². The topological polar surface area (TPSA) is 84.9 Å². The highest BCUT2D eigenvalue weighted by Crippen LogP contribution is 2.48. The molecule has 3 aromatic rings. The van der Waals surface area contributed by atoms with Crippen LogP contribution in [0, 0.1) is 6.92 Å². The third-order valence-electron chi connectivity index (χ3n) is 6.04. The molecule has 1 atom stereocenters. The minimum Gasteiger partial charge on any atom is -0.493 e. The van der Waals surface area contributed by atoms with Crippen molar-refractivity contribution in [2.75, 3.05) is 6.61 Å². The zero-order chi connectivity index (χ0) is 26.0. The van der Waals surface area contributed by atoms with Crippen LogP contribution in [0.5, 0.6) is 5.75 Å². The number of rotatable bonds is 7. The highest BCUT2D eigenvalue weighted by Gasteiger charge is 2.33. The first-order valence-corrected chi connectivity index (χ1v) is 13.0. The van der Waals surface area contributed by atoms with Gasteiger partial charge >= 0.3 is 5.97 Å². The largest absolute Gasteiger partial charge is 0.493 e. The molecule has 2 heterocycles. The van der Waals surface area contributed by atoms with Crippen molar-refractivity contribution in [1.29, 1.82) is 0 Å². The Kier molecular flexibility index (Phi) is 7.52. The molecular formula is C29H33NO5S. The Morgan fingerprint density at radius 3 is 2.47 bits per heavy atom. The van der Waals surface area contributed by atoms with Crippen LogP contribution >= 0.6 is 11.3 Å². The zero-order valence-electron chi connectivity index (χ0n) is 21.4. The van der Waals surface area contributed by atoms with Crippen molar-refractivity contribution < 1.29 is 24.2 Å². The molecule has 0 radical (unpaired) electrons. The van der Waals surface area contributed by atoms with Crippen LogP contribution in [-0.2, 0) is 27.3 Å². The van der Waals surface area contributed by atoms with Crippen molar-refractivity contribution in [3.05, 3.63) is 64.0 Å². The number of nitrogens with one attached hydrogen (secondary N) is 1. The Hall–Kier alpha value is -3.16. The van der Waals surface area contributed by atoms with Crippen molar-refractivity contribution in [3.63, 3.8) is 0 Å². The first kappa shape index (κ1) is 25.9. The molecular weight excluding hydrogens is 474 g/mol. The van der Waals surface area contributed by atoms with Crippen molar-refractivity contribution >= 4 is 23.2 Å².